The van der Waals surface area contributed by atoms with E-state index in [0.29, 0.717) is 19.6 Å². The van der Waals surface area contributed by atoms with E-state index in [1.807, 2.05) is 43.1 Å². The highest BCUT2D eigenvalue weighted by molar-refractivity contribution is 5.81. The molecule has 1 aliphatic rings. The molecule has 0 aliphatic carbocycles. The van der Waals surface area contributed by atoms with Gasteiger partial charge in [0.05, 0.1) is 17.6 Å². The number of fused-ring (bicyclic) bond motifs is 1. The zero-order valence-electron chi connectivity index (χ0n) is 16.5. The fraction of sp³-hybridized carbons (Fsp3) is 0.550. The molecule has 0 radical (unpaired) electrons. The first-order valence-corrected chi connectivity index (χ1v) is 9.80. The lowest BCUT2D eigenvalue weighted by atomic mass is 10.1. The van der Waals surface area contributed by atoms with Crippen LogP contribution in [0, 0.1) is 0 Å². The SMILES string of the molecule is CCn1c(=O)n(CC(=O)N2CCCC(N(C)CC(=O)O)CC2)c2ccccc21. The Balaban J connectivity index is 1.72. The number of carboxylic acids is 1. The van der Waals surface area contributed by atoms with Crippen molar-refractivity contribution in [2.75, 3.05) is 26.7 Å². The zero-order chi connectivity index (χ0) is 20.3. The summed E-state index contributed by atoms with van der Waals surface area (Å²) in [7, 11) is 1.81. The van der Waals surface area contributed by atoms with Crippen LogP contribution in [0.1, 0.15) is 26.2 Å². The Labute approximate surface area is 163 Å². The Kier molecular flexibility index (Phi) is 6.18. The van der Waals surface area contributed by atoms with E-state index in [1.165, 1.54) is 0 Å². The van der Waals surface area contributed by atoms with Crippen molar-refractivity contribution in [3.8, 4) is 0 Å². The summed E-state index contributed by atoms with van der Waals surface area (Å²) < 4.78 is 3.24. The van der Waals surface area contributed by atoms with Crippen molar-refractivity contribution in [1.82, 2.24) is 18.9 Å². The van der Waals surface area contributed by atoms with Crippen LogP contribution in [0.2, 0.25) is 0 Å². The second-order valence-corrected chi connectivity index (χ2v) is 7.38. The molecule has 0 bridgehead atoms. The summed E-state index contributed by atoms with van der Waals surface area (Å²) in [6.07, 6.45) is 2.43. The molecule has 1 aliphatic heterocycles. The van der Waals surface area contributed by atoms with Gasteiger partial charge in [-0.25, -0.2) is 4.79 Å². The van der Waals surface area contributed by atoms with Gasteiger partial charge < -0.3 is 10.0 Å². The number of aromatic nitrogens is 2. The molecule has 1 unspecified atom stereocenters. The lowest BCUT2D eigenvalue weighted by molar-refractivity contribution is -0.138. The number of carboxylic acid groups (broad SMARTS) is 1. The van der Waals surface area contributed by atoms with Gasteiger partial charge in [-0.3, -0.25) is 23.6 Å². The van der Waals surface area contributed by atoms with E-state index in [4.69, 9.17) is 5.11 Å². The third-order valence-corrected chi connectivity index (χ3v) is 5.59. The number of nitrogens with zero attached hydrogens (tertiary/aromatic N) is 4. The largest absolute Gasteiger partial charge is 0.480 e. The third-order valence-electron chi connectivity index (χ3n) is 5.59. The molecule has 0 saturated carbocycles. The molecule has 1 N–H and O–H groups in total. The predicted molar refractivity (Wildman–Crippen MR) is 106 cm³/mol. The monoisotopic (exact) mass is 388 g/mol. The van der Waals surface area contributed by atoms with Gasteiger partial charge in [-0.1, -0.05) is 12.1 Å². The average Bonchev–Trinajstić information content (AvgIpc) is 2.82. The molecule has 1 atom stereocenters. The van der Waals surface area contributed by atoms with E-state index in [9.17, 15) is 14.4 Å². The summed E-state index contributed by atoms with van der Waals surface area (Å²) in [6.45, 7) is 3.73. The van der Waals surface area contributed by atoms with E-state index >= 15 is 0 Å². The Hall–Kier alpha value is -2.61. The Morgan fingerprint density at radius 2 is 1.82 bits per heavy atom. The van der Waals surface area contributed by atoms with Gasteiger partial charge in [-0.2, -0.15) is 0 Å². The molecule has 1 amide bonds. The number of likely N-dealkylation sites (tertiary alicyclic amines) is 1. The molecule has 28 heavy (non-hydrogen) atoms. The molecular formula is C20H28N4O4. The number of carbonyl (C=O) groups is 2. The minimum absolute atomic E-state index is 0.00449. The van der Waals surface area contributed by atoms with Crippen LogP contribution in [0.4, 0.5) is 0 Å². The van der Waals surface area contributed by atoms with Gasteiger partial charge in [-0.05, 0) is 45.4 Å². The number of hydrogen-bond donors (Lipinski definition) is 1. The topological polar surface area (TPSA) is 87.8 Å². The van der Waals surface area contributed by atoms with Gasteiger partial charge in [0.1, 0.15) is 6.54 Å². The van der Waals surface area contributed by atoms with Crippen molar-refractivity contribution in [2.24, 2.45) is 0 Å². The number of aliphatic carboxylic acids is 1. The fourth-order valence-electron chi connectivity index (χ4n) is 4.08. The second kappa shape index (κ2) is 8.60. The summed E-state index contributed by atoms with van der Waals surface area (Å²) >= 11 is 0. The van der Waals surface area contributed by atoms with E-state index in [0.717, 1.165) is 30.3 Å². The smallest absolute Gasteiger partial charge is 0.329 e. The maximum absolute atomic E-state index is 12.9. The first-order valence-electron chi connectivity index (χ1n) is 9.80. The molecule has 1 aromatic heterocycles. The molecule has 1 aromatic carbocycles. The van der Waals surface area contributed by atoms with E-state index in [2.05, 4.69) is 0 Å². The first kappa shape index (κ1) is 20.1. The summed E-state index contributed by atoms with van der Waals surface area (Å²) in [5.74, 6) is -0.908. The van der Waals surface area contributed by atoms with Crippen LogP contribution in [-0.2, 0) is 22.7 Å². The van der Waals surface area contributed by atoms with Crippen molar-refractivity contribution in [3.05, 3.63) is 34.7 Å². The molecule has 1 saturated heterocycles. The number of likely N-dealkylation sites (N-methyl/N-ethyl adjacent to an activating group) is 1. The van der Waals surface area contributed by atoms with Crippen LogP contribution in [0.5, 0.6) is 0 Å². The van der Waals surface area contributed by atoms with E-state index < -0.39 is 5.97 Å². The molecule has 2 aromatic rings. The number of rotatable bonds is 6. The van der Waals surface area contributed by atoms with Crippen LogP contribution >= 0.6 is 0 Å². The minimum Gasteiger partial charge on any atom is -0.480 e. The van der Waals surface area contributed by atoms with Gasteiger partial charge in [0.25, 0.3) is 0 Å². The van der Waals surface area contributed by atoms with Gasteiger partial charge in [0.15, 0.2) is 0 Å². The van der Waals surface area contributed by atoms with Crippen molar-refractivity contribution in [1.29, 1.82) is 0 Å². The maximum Gasteiger partial charge on any atom is 0.329 e. The van der Waals surface area contributed by atoms with Crippen molar-refractivity contribution in [3.63, 3.8) is 0 Å². The Morgan fingerprint density at radius 3 is 2.46 bits per heavy atom. The Morgan fingerprint density at radius 1 is 1.14 bits per heavy atom. The quantitative estimate of drug-likeness (QED) is 0.804. The van der Waals surface area contributed by atoms with Crippen molar-refractivity contribution < 1.29 is 14.7 Å². The highest BCUT2D eigenvalue weighted by Gasteiger charge is 2.25. The van der Waals surface area contributed by atoms with Gasteiger partial charge in [-0.15, -0.1) is 0 Å². The first-order chi connectivity index (χ1) is 13.4. The number of carbonyl (C=O) groups excluding carboxylic acids is 1. The number of benzene rings is 1. The lowest BCUT2D eigenvalue weighted by Gasteiger charge is -2.25. The maximum atomic E-state index is 12.9. The number of imidazole rings is 1. The second-order valence-electron chi connectivity index (χ2n) is 7.38. The highest BCUT2D eigenvalue weighted by Crippen LogP contribution is 2.17. The lowest BCUT2D eigenvalue weighted by Crippen LogP contribution is -2.39. The summed E-state index contributed by atoms with van der Waals surface area (Å²) in [5, 5.41) is 8.98. The van der Waals surface area contributed by atoms with Crippen molar-refractivity contribution in [2.45, 2.75) is 45.3 Å². The minimum atomic E-state index is -0.841. The molecule has 8 heteroatoms. The summed E-state index contributed by atoms with van der Waals surface area (Å²) in [5.41, 5.74) is 1.46. The fourth-order valence-corrected chi connectivity index (χ4v) is 4.08. The van der Waals surface area contributed by atoms with Crippen LogP contribution < -0.4 is 5.69 Å². The Bertz CT molecular complexity index is 917. The van der Waals surface area contributed by atoms with Crippen LogP contribution in [0.15, 0.2) is 29.1 Å². The van der Waals surface area contributed by atoms with Gasteiger partial charge >= 0.3 is 11.7 Å². The predicted octanol–water partition coefficient (Wildman–Crippen LogP) is 1.22. The molecule has 8 nitrogen and oxygen atoms in total. The summed E-state index contributed by atoms with van der Waals surface area (Å²) in [4.78, 5) is 40.2. The van der Waals surface area contributed by atoms with Crippen molar-refractivity contribution >= 4 is 22.9 Å². The molecule has 1 fully saturated rings. The number of amides is 1. The number of hydrogen-bond acceptors (Lipinski definition) is 4. The molecule has 3 rings (SSSR count). The number of aryl methyl sites for hydroxylation is 1. The van der Waals surface area contributed by atoms with Gasteiger partial charge in [0.2, 0.25) is 5.91 Å². The molecule has 152 valence electrons. The molecule has 2 heterocycles. The van der Waals surface area contributed by atoms with Crippen LogP contribution in [-0.4, -0.2) is 68.6 Å². The highest BCUT2D eigenvalue weighted by atomic mass is 16.4. The van der Waals surface area contributed by atoms with Crippen LogP contribution in [0.3, 0.4) is 0 Å². The van der Waals surface area contributed by atoms with Crippen LogP contribution in [0.25, 0.3) is 11.0 Å². The normalized spacial score (nSPS) is 17.8. The van der Waals surface area contributed by atoms with E-state index in [-0.39, 0.29) is 30.7 Å². The molecule has 0 spiro atoms. The zero-order valence-corrected chi connectivity index (χ0v) is 16.5. The number of para-hydroxylation sites is 2. The summed E-state index contributed by atoms with van der Waals surface area (Å²) in [6, 6.07) is 7.68. The average molecular weight is 388 g/mol. The molecular weight excluding hydrogens is 360 g/mol. The standard InChI is InChI=1S/C20H28N4O4/c1-3-23-16-8-4-5-9-17(16)24(20(23)28)13-18(25)22-11-6-7-15(10-12-22)21(2)14-19(26)27/h4-5,8-9,15H,3,6-7,10-14H2,1-2H3,(H,26,27). The van der Waals surface area contributed by atoms with E-state index in [1.54, 1.807) is 14.0 Å². The van der Waals surface area contributed by atoms with Gasteiger partial charge in [0, 0.05) is 25.7 Å². The third kappa shape index (κ3) is 4.11.